The number of rotatable bonds is 4. The van der Waals surface area contributed by atoms with E-state index in [0.29, 0.717) is 16.3 Å². The molecule has 2 N–H and O–H groups in total. The van der Waals surface area contributed by atoms with Gasteiger partial charge in [0.25, 0.3) is 11.8 Å². The smallest absolute Gasteiger partial charge is 0.274 e. The lowest BCUT2D eigenvalue weighted by atomic mass is 10.1. The SMILES string of the molecule is O=C(NC1CCCCCC1)c1ccnc(C(=O)Nc2ccc(Cl)cc2)c1. The van der Waals surface area contributed by atoms with Crippen LogP contribution >= 0.6 is 11.6 Å². The van der Waals surface area contributed by atoms with Crippen LogP contribution in [0.5, 0.6) is 0 Å². The van der Waals surface area contributed by atoms with Gasteiger partial charge in [0.2, 0.25) is 0 Å². The third-order valence-corrected chi connectivity index (χ3v) is 4.80. The highest BCUT2D eigenvalue weighted by molar-refractivity contribution is 6.30. The van der Waals surface area contributed by atoms with Crippen LogP contribution in [-0.4, -0.2) is 22.8 Å². The van der Waals surface area contributed by atoms with E-state index >= 15 is 0 Å². The number of halogens is 1. The molecule has 0 unspecified atom stereocenters. The highest BCUT2D eigenvalue weighted by Gasteiger charge is 2.17. The summed E-state index contributed by atoms with van der Waals surface area (Å²) in [5.74, 6) is -0.517. The zero-order valence-electron chi connectivity index (χ0n) is 14.5. The van der Waals surface area contributed by atoms with E-state index in [1.807, 2.05) is 0 Å². The molecule has 0 saturated heterocycles. The monoisotopic (exact) mass is 371 g/mol. The molecule has 3 rings (SSSR count). The molecule has 136 valence electrons. The minimum absolute atomic E-state index is 0.153. The van der Waals surface area contributed by atoms with Crippen LogP contribution in [0.1, 0.15) is 59.4 Å². The van der Waals surface area contributed by atoms with Crippen LogP contribution < -0.4 is 10.6 Å². The molecule has 1 saturated carbocycles. The second-order valence-corrected chi connectivity index (χ2v) is 6.99. The zero-order valence-corrected chi connectivity index (χ0v) is 15.3. The highest BCUT2D eigenvalue weighted by atomic mass is 35.5. The summed E-state index contributed by atoms with van der Waals surface area (Å²) in [4.78, 5) is 29.0. The second-order valence-electron chi connectivity index (χ2n) is 6.55. The molecule has 1 aromatic heterocycles. The molecule has 0 atom stereocenters. The predicted octanol–water partition coefficient (Wildman–Crippen LogP) is 4.44. The van der Waals surface area contributed by atoms with E-state index in [0.717, 1.165) is 25.7 Å². The first-order valence-corrected chi connectivity index (χ1v) is 9.33. The maximum absolute atomic E-state index is 12.5. The lowest BCUT2D eigenvalue weighted by Crippen LogP contribution is -2.34. The quantitative estimate of drug-likeness (QED) is 0.780. The predicted molar refractivity (Wildman–Crippen MR) is 103 cm³/mol. The van der Waals surface area contributed by atoms with Crippen molar-refractivity contribution in [3.05, 3.63) is 58.9 Å². The fourth-order valence-electron chi connectivity index (χ4n) is 3.12. The Hall–Kier alpha value is -2.40. The zero-order chi connectivity index (χ0) is 18.4. The summed E-state index contributed by atoms with van der Waals surface area (Å²) in [5, 5.41) is 6.43. The normalized spacial score (nSPS) is 15.1. The van der Waals surface area contributed by atoms with Gasteiger partial charge in [-0.15, -0.1) is 0 Å². The van der Waals surface area contributed by atoms with Gasteiger partial charge in [-0.25, -0.2) is 0 Å². The fourth-order valence-corrected chi connectivity index (χ4v) is 3.24. The van der Waals surface area contributed by atoms with Gasteiger partial charge >= 0.3 is 0 Å². The molecule has 1 aliphatic rings. The Balaban J connectivity index is 1.65. The summed E-state index contributed by atoms with van der Waals surface area (Å²) >= 11 is 5.84. The third kappa shape index (κ3) is 5.05. The van der Waals surface area contributed by atoms with E-state index < -0.39 is 0 Å². The van der Waals surface area contributed by atoms with Crippen LogP contribution in [0.15, 0.2) is 42.6 Å². The Morgan fingerprint density at radius 2 is 1.65 bits per heavy atom. The molecule has 1 aliphatic carbocycles. The number of nitrogens with one attached hydrogen (secondary N) is 2. The van der Waals surface area contributed by atoms with Crippen molar-refractivity contribution >= 4 is 29.1 Å². The molecule has 2 aromatic rings. The Kier molecular flexibility index (Phi) is 6.23. The van der Waals surface area contributed by atoms with Gasteiger partial charge in [0.15, 0.2) is 0 Å². The number of nitrogens with zero attached hydrogens (tertiary/aromatic N) is 1. The molecule has 0 radical (unpaired) electrons. The summed E-state index contributed by atoms with van der Waals surface area (Å²) in [5.41, 5.74) is 1.27. The molecule has 1 aromatic carbocycles. The lowest BCUT2D eigenvalue weighted by molar-refractivity contribution is 0.0933. The molecule has 6 heteroatoms. The summed E-state index contributed by atoms with van der Waals surface area (Å²) in [6.45, 7) is 0. The van der Waals surface area contributed by atoms with E-state index in [-0.39, 0.29) is 23.6 Å². The van der Waals surface area contributed by atoms with Gasteiger partial charge in [0.05, 0.1) is 0 Å². The van der Waals surface area contributed by atoms with Crippen molar-refractivity contribution in [2.24, 2.45) is 0 Å². The standard InChI is InChI=1S/C20H22ClN3O2/c21-15-7-9-17(10-8-15)24-20(26)18-13-14(11-12-22-18)19(25)23-16-5-3-1-2-4-6-16/h7-13,16H,1-6H2,(H,23,25)(H,24,26). The van der Waals surface area contributed by atoms with E-state index in [1.54, 1.807) is 30.3 Å². The van der Waals surface area contributed by atoms with E-state index in [4.69, 9.17) is 11.6 Å². The molecular formula is C20H22ClN3O2. The average molecular weight is 372 g/mol. The molecule has 0 bridgehead atoms. The van der Waals surface area contributed by atoms with Gasteiger partial charge in [0, 0.05) is 28.5 Å². The number of pyridine rings is 1. The van der Waals surface area contributed by atoms with Crippen molar-refractivity contribution in [3.63, 3.8) is 0 Å². The summed E-state index contributed by atoms with van der Waals surface area (Å²) in [7, 11) is 0. The molecule has 0 spiro atoms. The number of hydrogen-bond donors (Lipinski definition) is 2. The number of carbonyl (C=O) groups excluding carboxylic acids is 2. The maximum atomic E-state index is 12.5. The highest BCUT2D eigenvalue weighted by Crippen LogP contribution is 2.18. The van der Waals surface area contributed by atoms with Crippen LogP contribution in [0.2, 0.25) is 5.02 Å². The maximum Gasteiger partial charge on any atom is 0.274 e. The molecule has 0 aliphatic heterocycles. The average Bonchev–Trinajstić information content (AvgIpc) is 2.92. The Bertz CT molecular complexity index is 769. The molecule has 2 amide bonds. The molecule has 1 fully saturated rings. The molecule has 5 nitrogen and oxygen atoms in total. The van der Waals surface area contributed by atoms with Crippen molar-refractivity contribution in [1.29, 1.82) is 0 Å². The minimum Gasteiger partial charge on any atom is -0.349 e. The number of benzene rings is 1. The van der Waals surface area contributed by atoms with Crippen LogP contribution in [0.3, 0.4) is 0 Å². The van der Waals surface area contributed by atoms with Crippen molar-refractivity contribution < 1.29 is 9.59 Å². The molecule has 26 heavy (non-hydrogen) atoms. The van der Waals surface area contributed by atoms with Crippen molar-refractivity contribution in [3.8, 4) is 0 Å². The van der Waals surface area contributed by atoms with Crippen molar-refractivity contribution in [2.45, 2.75) is 44.6 Å². The van der Waals surface area contributed by atoms with Gasteiger partial charge in [-0.1, -0.05) is 37.3 Å². The van der Waals surface area contributed by atoms with Crippen LogP contribution in [0, 0.1) is 0 Å². The number of hydrogen-bond acceptors (Lipinski definition) is 3. The van der Waals surface area contributed by atoms with E-state index in [1.165, 1.54) is 25.1 Å². The second kappa shape index (κ2) is 8.81. The van der Waals surface area contributed by atoms with Crippen LogP contribution in [0.25, 0.3) is 0 Å². The fraction of sp³-hybridized carbons (Fsp3) is 0.350. The topological polar surface area (TPSA) is 71.1 Å². The Morgan fingerprint density at radius 1 is 0.962 bits per heavy atom. The van der Waals surface area contributed by atoms with Gasteiger partial charge in [-0.2, -0.15) is 0 Å². The number of amides is 2. The lowest BCUT2D eigenvalue weighted by Gasteiger charge is -2.16. The van der Waals surface area contributed by atoms with Crippen LogP contribution in [-0.2, 0) is 0 Å². The first-order valence-electron chi connectivity index (χ1n) is 8.95. The third-order valence-electron chi connectivity index (χ3n) is 4.55. The van der Waals surface area contributed by atoms with Crippen molar-refractivity contribution in [2.75, 3.05) is 5.32 Å². The molecular weight excluding hydrogens is 350 g/mol. The summed E-state index contributed by atoms with van der Waals surface area (Å²) < 4.78 is 0. The number of anilines is 1. The first kappa shape index (κ1) is 18.4. The minimum atomic E-state index is -0.364. The number of aromatic nitrogens is 1. The van der Waals surface area contributed by atoms with E-state index in [2.05, 4.69) is 15.6 Å². The first-order chi connectivity index (χ1) is 12.6. The number of carbonyl (C=O) groups is 2. The van der Waals surface area contributed by atoms with Gasteiger partial charge in [0.1, 0.15) is 5.69 Å². The summed E-state index contributed by atoms with van der Waals surface area (Å²) in [6.07, 6.45) is 8.28. The molecule has 1 heterocycles. The van der Waals surface area contributed by atoms with Crippen molar-refractivity contribution in [1.82, 2.24) is 10.3 Å². The Morgan fingerprint density at radius 3 is 2.35 bits per heavy atom. The largest absolute Gasteiger partial charge is 0.349 e. The van der Waals surface area contributed by atoms with Gasteiger partial charge in [-0.3, -0.25) is 14.6 Å². The van der Waals surface area contributed by atoms with Gasteiger partial charge < -0.3 is 10.6 Å². The van der Waals surface area contributed by atoms with E-state index in [9.17, 15) is 9.59 Å². The Labute approximate surface area is 158 Å². The summed E-state index contributed by atoms with van der Waals surface area (Å²) in [6, 6.07) is 10.2. The van der Waals surface area contributed by atoms with Gasteiger partial charge in [-0.05, 0) is 49.2 Å². The van der Waals surface area contributed by atoms with Crippen LogP contribution in [0.4, 0.5) is 5.69 Å².